The van der Waals surface area contributed by atoms with Crippen LogP contribution in [0.15, 0.2) is 22.7 Å². The van der Waals surface area contributed by atoms with Gasteiger partial charge in [0.25, 0.3) is 0 Å². The van der Waals surface area contributed by atoms with Crippen LogP contribution in [0, 0.1) is 11.8 Å². The number of nitrogens with zero attached hydrogens (tertiary/aromatic N) is 4. The molecule has 0 spiro atoms. The summed E-state index contributed by atoms with van der Waals surface area (Å²) in [4.78, 5) is 33.8. The van der Waals surface area contributed by atoms with Crippen molar-refractivity contribution in [1.29, 1.82) is 0 Å². The van der Waals surface area contributed by atoms with Crippen LogP contribution in [-0.2, 0) is 29.0 Å². The lowest BCUT2D eigenvalue weighted by molar-refractivity contribution is -0.136. The average Bonchev–Trinajstić information content (AvgIpc) is 3.27. The highest BCUT2D eigenvalue weighted by molar-refractivity contribution is 5.81. The molecule has 2 rings (SSSR count). The number of nitrogens with one attached hydrogen (secondary N) is 1. The molecule has 0 bridgehead atoms. The topological polar surface area (TPSA) is 110 Å². The first-order chi connectivity index (χ1) is 17.5. The van der Waals surface area contributed by atoms with E-state index in [-0.39, 0.29) is 30.3 Å². The fraction of sp³-hybridized carbons (Fsp3) is 0.630. The third-order valence-electron chi connectivity index (χ3n) is 5.93. The summed E-state index contributed by atoms with van der Waals surface area (Å²) >= 11 is 0. The van der Waals surface area contributed by atoms with Crippen LogP contribution in [0.1, 0.15) is 51.9 Å². The summed E-state index contributed by atoms with van der Waals surface area (Å²) in [7, 11) is 5.04. The highest BCUT2D eigenvalue weighted by Crippen LogP contribution is 2.27. The fourth-order valence-corrected chi connectivity index (χ4v) is 3.92. The SMILES string of the molecule is COc1ccc(CCNC(=O)C(C)CN(C(=O)CN(C)Cc2noc(CC(C)C)n2)C(C)C)cc1OC. The molecule has 1 unspecified atom stereocenters. The number of carbonyl (C=O) groups excluding carboxylic acids is 2. The van der Waals surface area contributed by atoms with E-state index in [0.717, 1.165) is 12.0 Å². The fourth-order valence-electron chi connectivity index (χ4n) is 3.92. The van der Waals surface area contributed by atoms with Crippen LogP contribution < -0.4 is 14.8 Å². The van der Waals surface area contributed by atoms with Crippen LogP contribution in [0.5, 0.6) is 11.5 Å². The number of likely N-dealkylation sites (N-methyl/N-ethyl adjacent to an activating group) is 1. The Morgan fingerprint density at radius 2 is 1.78 bits per heavy atom. The maximum Gasteiger partial charge on any atom is 0.237 e. The van der Waals surface area contributed by atoms with E-state index < -0.39 is 0 Å². The molecule has 10 heteroatoms. The normalized spacial score (nSPS) is 12.2. The molecule has 10 nitrogen and oxygen atoms in total. The van der Waals surface area contributed by atoms with E-state index in [1.54, 1.807) is 19.1 Å². The Hall–Kier alpha value is -3.14. The highest BCUT2D eigenvalue weighted by Gasteiger charge is 2.24. The standard InChI is InChI=1S/C27H43N5O5/c1-18(2)13-25-29-24(30-37-25)16-31(6)17-26(33)32(19(3)4)15-20(5)27(34)28-12-11-21-9-10-22(35-7)23(14-21)36-8/h9-10,14,18-20H,11-13,15-17H2,1-8H3,(H,28,34). The van der Waals surface area contributed by atoms with Gasteiger partial charge in [0.1, 0.15) is 0 Å². The molecule has 37 heavy (non-hydrogen) atoms. The number of hydrogen-bond acceptors (Lipinski definition) is 8. The van der Waals surface area contributed by atoms with Crippen LogP contribution >= 0.6 is 0 Å². The first-order valence-electron chi connectivity index (χ1n) is 12.8. The van der Waals surface area contributed by atoms with Gasteiger partial charge in [0.05, 0.1) is 33.2 Å². The van der Waals surface area contributed by atoms with Gasteiger partial charge in [0.2, 0.25) is 17.7 Å². The number of hydrogen-bond donors (Lipinski definition) is 1. The minimum Gasteiger partial charge on any atom is -0.493 e. The van der Waals surface area contributed by atoms with Gasteiger partial charge in [-0.3, -0.25) is 14.5 Å². The van der Waals surface area contributed by atoms with Gasteiger partial charge in [0, 0.05) is 25.6 Å². The van der Waals surface area contributed by atoms with Crippen molar-refractivity contribution >= 4 is 11.8 Å². The Bertz CT molecular complexity index is 1010. The summed E-state index contributed by atoms with van der Waals surface area (Å²) in [5.74, 6) is 2.44. The number of aromatic nitrogens is 2. The molecule has 0 aliphatic rings. The lowest BCUT2D eigenvalue weighted by atomic mass is 10.1. The molecule has 1 aromatic heterocycles. The molecule has 1 heterocycles. The Kier molecular flexibility index (Phi) is 11.8. The maximum absolute atomic E-state index is 13.1. The minimum atomic E-state index is -0.349. The van der Waals surface area contributed by atoms with E-state index in [4.69, 9.17) is 14.0 Å². The number of methoxy groups -OCH3 is 2. The maximum atomic E-state index is 13.1. The van der Waals surface area contributed by atoms with Gasteiger partial charge in [0.15, 0.2) is 17.3 Å². The molecule has 2 amide bonds. The second kappa shape index (κ2) is 14.6. The molecule has 2 aromatic rings. The Labute approximate surface area is 220 Å². The van der Waals surface area contributed by atoms with Gasteiger partial charge in [-0.15, -0.1) is 0 Å². The van der Waals surface area contributed by atoms with Crippen LogP contribution in [-0.4, -0.2) is 78.7 Å². The molecule has 206 valence electrons. The molecular formula is C27H43N5O5. The number of ether oxygens (including phenoxy) is 2. The van der Waals surface area contributed by atoms with Crippen molar-refractivity contribution in [2.24, 2.45) is 11.8 Å². The lowest BCUT2D eigenvalue weighted by Gasteiger charge is -2.30. The van der Waals surface area contributed by atoms with E-state index in [1.807, 2.05) is 50.9 Å². The molecule has 0 aliphatic carbocycles. The minimum absolute atomic E-state index is 0.0364. The number of rotatable bonds is 15. The number of benzene rings is 1. The Morgan fingerprint density at radius 1 is 1.08 bits per heavy atom. The average molecular weight is 518 g/mol. The molecule has 0 saturated heterocycles. The summed E-state index contributed by atoms with van der Waals surface area (Å²) < 4.78 is 15.9. The van der Waals surface area contributed by atoms with E-state index in [2.05, 4.69) is 29.3 Å². The Balaban J connectivity index is 1.85. The number of carbonyl (C=O) groups is 2. The van der Waals surface area contributed by atoms with Crippen molar-refractivity contribution in [1.82, 2.24) is 25.3 Å². The molecule has 0 fully saturated rings. The van der Waals surface area contributed by atoms with Crippen LogP contribution in [0.3, 0.4) is 0 Å². The largest absolute Gasteiger partial charge is 0.493 e. The molecule has 1 N–H and O–H groups in total. The van der Waals surface area contributed by atoms with E-state index in [9.17, 15) is 9.59 Å². The van der Waals surface area contributed by atoms with Gasteiger partial charge in [-0.2, -0.15) is 4.98 Å². The number of amides is 2. The van der Waals surface area contributed by atoms with Gasteiger partial charge < -0.3 is 24.2 Å². The predicted molar refractivity (Wildman–Crippen MR) is 141 cm³/mol. The lowest BCUT2D eigenvalue weighted by Crippen LogP contribution is -2.47. The third kappa shape index (κ3) is 9.68. The van der Waals surface area contributed by atoms with Crippen molar-refractivity contribution in [3.8, 4) is 11.5 Å². The van der Waals surface area contributed by atoms with Crippen LogP contribution in [0.25, 0.3) is 0 Å². The summed E-state index contributed by atoms with van der Waals surface area (Å²) in [5, 5.41) is 7.00. The zero-order chi connectivity index (χ0) is 27.5. The highest BCUT2D eigenvalue weighted by atomic mass is 16.5. The first-order valence-corrected chi connectivity index (χ1v) is 12.8. The summed E-state index contributed by atoms with van der Waals surface area (Å²) in [5.41, 5.74) is 1.03. The molecular weight excluding hydrogens is 474 g/mol. The van der Waals surface area contributed by atoms with Gasteiger partial charge in [-0.25, -0.2) is 0 Å². The van der Waals surface area contributed by atoms with E-state index in [1.165, 1.54) is 0 Å². The zero-order valence-corrected chi connectivity index (χ0v) is 23.5. The molecule has 1 aromatic carbocycles. The smallest absolute Gasteiger partial charge is 0.237 e. The molecule has 0 aliphatic heterocycles. The van der Waals surface area contributed by atoms with Gasteiger partial charge in [-0.1, -0.05) is 32.0 Å². The van der Waals surface area contributed by atoms with Gasteiger partial charge in [-0.05, 0) is 50.9 Å². The summed E-state index contributed by atoms with van der Waals surface area (Å²) in [6, 6.07) is 5.67. The second-order valence-corrected chi connectivity index (χ2v) is 10.1. The van der Waals surface area contributed by atoms with Crippen LogP contribution in [0.2, 0.25) is 0 Å². The first kappa shape index (κ1) is 30.1. The molecule has 0 radical (unpaired) electrons. The molecule has 0 saturated carbocycles. The monoisotopic (exact) mass is 517 g/mol. The van der Waals surface area contributed by atoms with Crippen molar-refractivity contribution in [2.75, 3.05) is 40.9 Å². The van der Waals surface area contributed by atoms with Crippen molar-refractivity contribution < 1.29 is 23.6 Å². The van der Waals surface area contributed by atoms with Crippen LogP contribution in [0.4, 0.5) is 0 Å². The summed E-state index contributed by atoms with van der Waals surface area (Å²) in [6.45, 7) is 11.4. The second-order valence-electron chi connectivity index (χ2n) is 10.1. The van der Waals surface area contributed by atoms with Crippen molar-refractivity contribution in [2.45, 2.75) is 60.0 Å². The van der Waals surface area contributed by atoms with Crippen molar-refractivity contribution in [3.63, 3.8) is 0 Å². The van der Waals surface area contributed by atoms with Crippen molar-refractivity contribution in [3.05, 3.63) is 35.5 Å². The molecule has 1 atom stereocenters. The quantitative estimate of drug-likeness (QED) is 0.384. The van der Waals surface area contributed by atoms with Gasteiger partial charge >= 0.3 is 0 Å². The predicted octanol–water partition coefficient (Wildman–Crippen LogP) is 2.95. The summed E-state index contributed by atoms with van der Waals surface area (Å²) in [6.07, 6.45) is 1.39. The Morgan fingerprint density at radius 3 is 2.41 bits per heavy atom. The zero-order valence-electron chi connectivity index (χ0n) is 23.5. The van der Waals surface area contributed by atoms with E-state index in [0.29, 0.717) is 55.2 Å². The van der Waals surface area contributed by atoms with E-state index >= 15 is 0 Å². The third-order valence-corrected chi connectivity index (χ3v) is 5.93.